The van der Waals surface area contributed by atoms with Crippen molar-refractivity contribution in [2.75, 3.05) is 13.1 Å². The van der Waals surface area contributed by atoms with Crippen molar-refractivity contribution in [3.63, 3.8) is 0 Å². The quantitative estimate of drug-likeness (QED) is 0.736. The molecule has 90 valence electrons. The predicted molar refractivity (Wildman–Crippen MR) is 63.6 cm³/mol. The first-order valence-electron chi connectivity index (χ1n) is 6.24. The Morgan fingerprint density at radius 2 is 2.00 bits per heavy atom. The molecule has 0 aromatic rings. The van der Waals surface area contributed by atoms with Gasteiger partial charge in [-0.25, -0.2) is 0 Å². The first-order chi connectivity index (χ1) is 7.56. The second-order valence-corrected chi connectivity index (χ2v) is 5.08. The third-order valence-electron chi connectivity index (χ3n) is 4.00. The lowest BCUT2D eigenvalue weighted by molar-refractivity contribution is -0.136. The van der Waals surface area contributed by atoms with E-state index in [4.69, 9.17) is 5.26 Å². The SMILES string of the molecule is CCC(C#N)C(=O)N1CCC(C)(CC)CC1. The fourth-order valence-electron chi connectivity index (χ4n) is 2.16. The summed E-state index contributed by atoms with van der Waals surface area (Å²) in [5, 5.41) is 8.88. The van der Waals surface area contributed by atoms with Crippen LogP contribution in [-0.4, -0.2) is 23.9 Å². The molecular weight excluding hydrogens is 200 g/mol. The zero-order valence-electron chi connectivity index (χ0n) is 10.6. The van der Waals surface area contributed by atoms with E-state index >= 15 is 0 Å². The number of hydrogen-bond donors (Lipinski definition) is 0. The minimum absolute atomic E-state index is 0.0307. The minimum atomic E-state index is -0.439. The maximum absolute atomic E-state index is 12.0. The summed E-state index contributed by atoms with van der Waals surface area (Å²) in [5.41, 5.74) is 0.394. The van der Waals surface area contributed by atoms with Crippen LogP contribution in [0.3, 0.4) is 0 Å². The van der Waals surface area contributed by atoms with Crippen LogP contribution in [0.25, 0.3) is 0 Å². The number of hydrogen-bond acceptors (Lipinski definition) is 2. The fraction of sp³-hybridized carbons (Fsp3) is 0.846. The van der Waals surface area contributed by atoms with Crippen LogP contribution in [0.5, 0.6) is 0 Å². The third-order valence-corrected chi connectivity index (χ3v) is 4.00. The Morgan fingerprint density at radius 1 is 1.44 bits per heavy atom. The van der Waals surface area contributed by atoms with E-state index in [0.29, 0.717) is 11.8 Å². The highest BCUT2D eigenvalue weighted by atomic mass is 16.2. The van der Waals surface area contributed by atoms with Gasteiger partial charge >= 0.3 is 0 Å². The first-order valence-corrected chi connectivity index (χ1v) is 6.24. The maximum atomic E-state index is 12.0. The lowest BCUT2D eigenvalue weighted by Gasteiger charge is -2.39. The van der Waals surface area contributed by atoms with Crippen molar-refractivity contribution in [3.05, 3.63) is 0 Å². The molecule has 0 aromatic heterocycles. The number of piperidine rings is 1. The fourth-order valence-corrected chi connectivity index (χ4v) is 2.16. The Morgan fingerprint density at radius 3 is 2.38 bits per heavy atom. The normalized spacial score (nSPS) is 21.2. The molecule has 16 heavy (non-hydrogen) atoms. The van der Waals surface area contributed by atoms with Gasteiger partial charge in [-0.15, -0.1) is 0 Å². The van der Waals surface area contributed by atoms with Crippen LogP contribution < -0.4 is 0 Å². The van der Waals surface area contributed by atoms with Crippen molar-refractivity contribution < 1.29 is 4.79 Å². The zero-order chi connectivity index (χ0) is 12.2. The second-order valence-electron chi connectivity index (χ2n) is 5.08. The van der Waals surface area contributed by atoms with Gasteiger partial charge < -0.3 is 4.90 Å². The van der Waals surface area contributed by atoms with Crippen LogP contribution in [0.1, 0.15) is 46.5 Å². The van der Waals surface area contributed by atoms with Crippen molar-refractivity contribution in [2.24, 2.45) is 11.3 Å². The van der Waals surface area contributed by atoms with Gasteiger partial charge in [-0.05, 0) is 24.7 Å². The van der Waals surface area contributed by atoms with E-state index in [2.05, 4.69) is 19.9 Å². The van der Waals surface area contributed by atoms with Gasteiger partial charge in [0.15, 0.2) is 0 Å². The van der Waals surface area contributed by atoms with Crippen LogP contribution in [0.15, 0.2) is 0 Å². The monoisotopic (exact) mass is 222 g/mol. The molecule has 0 N–H and O–H groups in total. The highest BCUT2D eigenvalue weighted by molar-refractivity contribution is 5.81. The van der Waals surface area contributed by atoms with E-state index in [0.717, 1.165) is 25.9 Å². The van der Waals surface area contributed by atoms with E-state index in [1.807, 2.05) is 11.8 Å². The Balaban J connectivity index is 2.54. The molecule has 1 aliphatic rings. The van der Waals surface area contributed by atoms with Gasteiger partial charge in [0.2, 0.25) is 5.91 Å². The summed E-state index contributed by atoms with van der Waals surface area (Å²) in [6.07, 6.45) is 3.93. The molecule has 0 spiro atoms. The Hall–Kier alpha value is -1.04. The molecule has 1 heterocycles. The number of amides is 1. The Labute approximate surface area is 98.4 Å². The van der Waals surface area contributed by atoms with Gasteiger partial charge in [0, 0.05) is 13.1 Å². The number of likely N-dealkylation sites (tertiary alicyclic amines) is 1. The predicted octanol–water partition coefficient (Wildman–Crippen LogP) is 2.57. The second kappa shape index (κ2) is 5.34. The van der Waals surface area contributed by atoms with Crippen LogP contribution in [0, 0.1) is 22.7 Å². The first kappa shape index (κ1) is 13.0. The molecule has 3 nitrogen and oxygen atoms in total. The molecular formula is C13H22N2O. The summed E-state index contributed by atoms with van der Waals surface area (Å²) in [6, 6.07) is 2.09. The van der Waals surface area contributed by atoms with E-state index in [-0.39, 0.29) is 5.91 Å². The van der Waals surface area contributed by atoms with Crippen molar-refractivity contribution in [1.82, 2.24) is 4.90 Å². The van der Waals surface area contributed by atoms with E-state index in [9.17, 15) is 4.79 Å². The summed E-state index contributed by atoms with van der Waals surface area (Å²) in [6.45, 7) is 8.03. The summed E-state index contributed by atoms with van der Waals surface area (Å²) >= 11 is 0. The summed E-state index contributed by atoms with van der Waals surface area (Å²) in [5.74, 6) is -0.408. The largest absolute Gasteiger partial charge is 0.342 e. The smallest absolute Gasteiger partial charge is 0.239 e. The molecule has 1 saturated heterocycles. The van der Waals surface area contributed by atoms with Gasteiger partial charge in [-0.1, -0.05) is 27.2 Å². The summed E-state index contributed by atoms with van der Waals surface area (Å²) in [4.78, 5) is 13.8. The zero-order valence-corrected chi connectivity index (χ0v) is 10.6. The molecule has 1 rings (SSSR count). The van der Waals surface area contributed by atoms with E-state index in [1.165, 1.54) is 6.42 Å². The lowest BCUT2D eigenvalue weighted by Crippen LogP contribution is -2.44. The van der Waals surface area contributed by atoms with Crippen molar-refractivity contribution in [3.8, 4) is 6.07 Å². The number of nitrogens with zero attached hydrogens (tertiary/aromatic N) is 2. The average molecular weight is 222 g/mol. The molecule has 1 unspecified atom stereocenters. The molecule has 0 saturated carbocycles. The molecule has 0 aliphatic carbocycles. The molecule has 1 fully saturated rings. The third kappa shape index (κ3) is 2.75. The van der Waals surface area contributed by atoms with Crippen LogP contribution in [0.4, 0.5) is 0 Å². The molecule has 0 bridgehead atoms. The van der Waals surface area contributed by atoms with Crippen molar-refractivity contribution in [1.29, 1.82) is 5.26 Å². The highest BCUT2D eigenvalue weighted by Crippen LogP contribution is 2.34. The average Bonchev–Trinajstić information content (AvgIpc) is 2.31. The maximum Gasteiger partial charge on any atom is 0.239 e. The number of carbonyl (C=O) groups excluding carboxylic acids is 1. The van der Waals surface area contributed by atoms with Gasteiger partial charge in [0.05, 0.1) is 6.07 Å². The Kier molecular flexibility index (Phi) is 4.35. The number of nitriles is 1. The standard InChI is InChI=1S/C13H22N2O/c1-4-11(10-14)12(16)15-8-6-13(3,5-2)7-9-15/h11H,4-9H2,1-3H3. The van der Waals surface area contributed by atoms with Crippen LogP contribution in [-0.2, 0) is 4.79 Å². The summed E-state index contributed by atoms with van der Waals surface area (Å²) in [7, 11) is 0. The van der Waals surface area contributed by atoms with Gasteiger partial charge in [-0.3, -0.25) is 4.79 Å². The molecule has 1 aliphatic heterocycles. The van der Waals surface area contributed by atoms with Gasteiger partial charge in [0.1, 0.15) is 5.92 Å². The molecule has 1 amide bonds. The molecule has 0 aromatic carbocycles. The van der Waals surface area contributed by atoms with E-state index in [1.54, 1.807) is 0 Å². The lowest BCUT2D eigenvalue weighted by atomic mass is 9.78. The summed E-state index contributed by atoms with van der Waals surface area (Å²) < 4.78 is 0. The number of rotatable bonds is 3. The highest BCUT2D eigenvalue weighted by Gasteiger charge is 2.32. The molecule has 3 heteroatoms. The molecule has 0 radical (unpaired) electrons. The minimum Gasteiger partial charge on any atom is -0.342 e. The Bertz CT molecular complexity index is 285. The van der Waals surface area contributed by atoms with Gasteiger partial charge in [-0.2, -0.15) is 5.26 Å². The molecule has 1 atom stereocenters. The topological polar surface area (TPSA) is 44.1 Å². The van der Waals surface area contributed by atoms with Crippen molar-refractivity contribution in [2.45, 2.75) is 46.5 Å². The number of carbonyl (C=O) groups is 1. The van der Waals surface area contributed by atoms with Crippen molar-refractivity contribution >= 4 is 5.91 Å². The van der Waals surface area contributed by atoms with E-state index < -0.39 is 5.92 Å². The van der Waals surface area contributed by atoms with Gasteiger partial charge in [0.25, 0.3) is 0 Å². The van der Waals surface area contributed by atoms with Crippen LogP contribution in [0.2, 0.25) is 0 Å². The van der Waals surface area contributed by atoms with Crippen LogP contribution >= 0.6 is 0 Å².